The fraction of sp³-hybridized carbons (Fsp3) is 0.278. The quantitative estimate of drug-likeness (QED) is 0.502. The second-order valence-electron chi connectivity index (χ2n) is 5.59. The number of nitrogens with zero attached hydrogens (tertiary/aromatic N) is 1. The second kappa shape index (κ2) is 8.83. The molecule has 146 valence electrons. The molecule has 9 heteroatoms. The predicted octanol–water partition coefficient (Wildman–Crippen LogP) is 2.32. The molecule has 0 amide bonds. The third-order valence-electron chi connectivity index (χ3n) is 3.56. The molecule has 0 aromatic heterocycles. The number of hydrogen-bond acceptors (Lipinski definition) is 6. The zero-order valence-electron chi connectivity index (χ0n) is 15.1. The molecule has 0 N–H and O–H groups in total. The van der Waals surface area contributed by atoms with E-state index in [0.717, 1.165) is 4.31 Å². The molecular weight excluding hydrogens is 377 g/mol. The molecule has 0 aliphatic rings. The number of benzene rings is 2. The van der Waals surface area contributed by atoms with E-state index in [0.29, 0.717) is 5.75 Å². The number of hydrogen-bond donors (Lipinski definition) is 0. The minimum absolute atomic E-state index is 0.0575. The van der Waals surface area contributed by atoms with E-state index in [-0.39, 0.29) is 35.2 Å². The van der Waals surface area contributed by atoms with E-state index in [9.17, 15) is 17.6 Å². The Hall–Kier alpha value is -2.65. The van der Waals surface area contributed by atoms with Gasteiger partial charge in [0.25, 0.3) is 0 Å². The van der Waals surface area contributed by atoms with Crippen LogP contribution in [0.25, 0.3) is 0 Å². The van der Waals surface area contributed by atoms with Crippen molar-refractivity contribution < 1.29 is 31.8 Å². The van der Waals surface area contributed by atoms with Gasteiger partial charge in [-0.1, -0.05) is 0 Å². The largest absolute Gasteiger partial charge is 0.495 e. The summed E-state index contributed by atoms with van der Waals surface area (Å²) in [7, 11) is 0.310. The summed E-state index contributed by atoms with van der Waals surface area (Å²) in [5.74, 6) is -0.511. The molecule has 0 radical (unpaired) electrons. The van der Waals surface area contributed by atoms with Gasteiger partial charge in [0.15, 0.2) is 0 Å². The normalized spacial score (nSPS) is 11.3. The van der Waals surface area contributed by atoms with Crippen molar-refractivity contribution in [2.45, 2.75) is 4.90 Å². The Morgan fingerprint density at radius 3 is 2.33 bits per heavy atom. The van der Waals surface area contributed by atoms with Gasteiger partial charge in [-0.2, -0.15) is 0 Å². The van der Waals surface area contributed by atoms with Crippen molar-refractivity contribution in [3.63, 3.8) is 0 Å². The summed E-state index contributed by atoms with van der Waals surface area (Å²) in [6, 6.07) is 9.44. The monoisotopic (exact) mass is 397 g/mol. The smallest absolute Gasteiger partial charge is 0.338 e. The van der Waals surface area contributed by atoms with Gasteiger partial charge in [0.1, 0.15) is 35.4 Å². The topological polar surface area (TPSA) is 82.1 Å². The Labute approximate surface area is 157 Å². The minimum atomic E-state index is -3.80. The van der Waals surface area contributed by atoms with E-state index in [4.69, 9.17) is 14.2 Å². The van der Waals surface area contributed by atoms with Crippen LogP contribution in [0.3, 0.4) is 0 Å². The lowest BCUT2D eigenvalue weighted by atomic mass is 10.2. The van der Waals surface area contributed by atoms with Crippen LogP contribution in [-0.2, 0) is 14.8 Å². The van der Waals surface area contributed by atoms with Crippen molar-refractivity contribution in [1.29, 1.82) is 0 Å². The summed E-state index contributed by atoms with van der Waals surface area (Å²) in [5, 5.41) is 0. The van der Waals surface area contributed by atoms with E-state index in [1.165, 1.54) is 63.7 Å². The Balaban J connectivity index is 2.02. The maximum absolute atomic E-state index is 12.8. The molecule has 0 saturated heterocycles. The number of esters is 1. The SMILES string of the molecule is COc1ccc(C(=O)OCCOc2ccc(F)cc2)cc1S(=O)(=O)N(C)C. The van der Waals surface area contributed by atoms with Crippen molar-refractivity contribution in [3.05, 3.63) is 53.8 Å². The Morgan fingerprint density at radius 1 is 1.07 bits per heavy atom. The van der Waals surface area contributed by atoms with Crippen LogP contribution in [0.1, 0.15) is 10.4 Å². The van der Waals surface area contributed by atoms with Gasteiger partial charge in [0.05, 0.1) is 12.7 Å². The first-order valence-electron chi connectivity index (χ1n) is 7.91. The van der Waals surface area contributed by atoms with Crippen molar-refractivity contribution in [3.8, 4) is 11.5 Å². The molecule has 0 aliphatic heterocycles. The minimum Gasteiger partial charge on any atom is -0.495 e. The molecule has 0 fully saturated rings. The first-order chi connectivity index (χ1) is 12.8. The van der Waals surface area contributed by atoms with Gasteiger partial charge in [-0.15, -0.1) is 0 Å². The zero-order valence-corrected chi connectivity index (χ0v) is 16.0. The molecule has 7 nitrogen and oxygen atoms in total. The number of halogens is 1. The van der Waals surface area contributed by atoms with Crippen LogP contribution >= 0.6 is 0 Å². The van der Waals surface area contributed by atoms with Crippen LogP contribution in [0.4, 0.5) is 4.39 Å². The third kappa shape index (κ3) is 5.18. The number of carbonyl (C=O) groups excluding carboxylic acids is 1. The highest BCUT2D eigenvalue weighted by Gasteiger charge is 2.24. The maximum Gasteiger partial charge on any atom is 0.338 e. The van der Waals surface area contributed by atoms with Gasteiger partial charge in [-0.05, 0) is 42.5 Å². The number of carbonyl (C=O) groups is 1. The summed E-state index contributed by atoms with van der Waals surface area (Å²) in [6.07, 6.45) is 0. The number of rotatable bonds is 8. The van der Waals surface area contributed by atoms with Gasteiger partial charge in [0, 0.05) is 14.1 Å². The lowest BCUT2D eigenvalue weighted by Crippen LogP contribution is -2.23. The molecule has 0 aliphatic carbocycles. The van der Waals surface area contributed by atoms with Gasteiger partial charge in [-0.25, -0.2) is 21.9 Å². The van der Waals surface area contributed by atoms with Crippen molar-refractivity contribution >= 4 is 16.0 Å². The third-order valence-corrected chi connectivity index (χ3v) is 5.39. The lowest BCUT2D eigenvalue weighted by molar-refractivity contribution is 0.0450. The maximum atomic E-state index is 12.8. The highest BCUT2D eigenvalue weighted by Crippen LogP contribution is 2.27. The summed E-state index contributed by atoms with van der Waals surface area (Å²) in [4.78, 5) is 12.0. The summed E-state index contributed by atoms with van der Waals surface area (Å²) in [6.45, 7) is 0.00832. The Kier molecular flexibility index (Phi) is 6.75. The van der Waals surface area contributed by atoms with E-state index in [1.54, 1.807) is 0 Å². The molecule has 27 heavy (non-hydrogen) atoms. The molecule has 2 aromatic rings. The molecule has 2 rings (SSSR count). The second-order valence-corrected chi connectivity index (χ2v) is 7.71. The number of ether oxygens (including phenoxy) is 3. The fourth-order valence-corrected chi connectivity index (χ4v) is 3.18. The lowest BCUT2D eigenvalue weighted by Gasteiger charge is -2.15. The van der Waals surface area contributed by atoms with Gasteiger partial charge >= 0.3 is 5.97 Å². The van der Waals surface area contributed by atoms with E-state index < -0.39 is 16.0 Å². The first-order valence-corrected chi connectivity index (χ1v) is 9.36. The summed E-state index contributed by atoms with van der Waals surface area (Å²) >= 11 is 0. The molecule has 0 spiro atoms. The van der Waals surface area contributed by atoms with Crippen molar-refractivity contribution in [2.75, 3.05) is 34.4 Å². The van der Waals surface area contributed by atoms with Crippen LogP contribution in [0.2, 0.25) is 0 Å². The fourth-order valence-electron chi connectivity index (χ4n) is 2.11. The highest BCUT2D eigenvalue weighted by atomic mass is 32.2. The summed E-state index contributed by atoms with van der Waals surface area (Å²) < 4.78 is 54.1. The molecule has 0 unspecified atom stereocenters. The average Bonchev–Trinajstić information content (AvgIpc) is 2.65. The molecule has 0 saturated carbocycles. The van der Waals surface area contributed by atoms with E-state index >= 15 is 0 Å². The number of sulfonamides is 1. The highest BCUT2D eigenvalue weighted by molar-refractivity contribution is 7.89. The van der Waals surface area contributed by atoms with Crippen LogP contribution in [0, 0.1) is 5.82 Å². The Bertz CT molecular complexity index is 897. The van der Waals surface area contributed by atoms with Crippen LogP contribution in [0.5, 0.6) is 11.5 Å². The molecule has 0 heterocycles. The predicted molar refractivity (Wildman–Crippen MR) is 96.0 cm³/mol. The van der Waals surface area contributed by atoms with Crippen LogP contribution in [0.15, 0.2) is 47.4 Å². The van der Waals surface area contributed by atoms with E-state index in [2.05, 4.69) is 0 Å². The van der Waals surface area contributed by atoms with Gasteiger partial charge < -0.3 is 14.2 Å². The van der Waals surface area contributed by atoms with E-state index in [1.807, 2.05) is 0 Å². The van der Waals surface area contributed by atoms with Crippen LogP contribution in [-0.4, -0.2) is 53.1 Å². The van der Waals surface area contributed by atoms with Crippen molar-refractivity contribution in [2.24, 2.45) is 0 Å². The van der Waals surface area contributed by atoms with Gasteiger partial charge in [-0.3, -0.25) is 0 Å². The first kappa shape index (κ1) is 20.7. The average molecular weight is 397 g/mol. The van der Waals surface area contributed by atoms with Crippen molar-refractivity contribution in [1.82, 2.24) is 4.31 Å². The van der Waals surface area contributed by atoms with Crippen LogP contribution < -0.4 is 9.47 Å². The summed E-state index contributed by atoms with van der Waals surface area (Å²) in [5.41, 5.74) is 0.0676. The Morgan fingerprint density at radius 2 is 1.74 bits per heavy atom. The molecule has 0 atom stereocenters. The molecule has 2 aromatic carbocycles. The molecule has 0 bridgehead atoms. The zero-order chi connectivity index (χ0) is 20.0. The van der Waals surface area contributed by atoms with Gasteiger partial charge in [0.2, 0.25) is 10.0 Å². The standard InChI is InChI=1S/C18H20FNO6S/c1-20(2)27(22,23)17-12-13(4-9-16(17)24-3)18(21)26-11-10-25-15-7-5-14(19)6-8-15/h4-9,12H,10-11H2,1-3H3. The number of methoxy groups -OCH3 is 1. The molecular formula is C18H20FNO6S.